The molecule has 5 rings (SSSR count). The van der Waals surface area contributed by atoms with Crippen LogP contribution in [0.4, 0.5) is 11.4 Å². The summed E-state index contributed by atoms with van der Waals surface area (Å²) in [6.45, 7) is 8.06. The zero-order valence-electron chi connectivity index (χ0n) is 18.5. The molecule has 0 unspecified atom stereocenters. The van der Waals surface area contributed by atoms with Crippen LogP contribution in [0.25, 0.3) is 0 Å². The molecular formula is C23H32N4O3S. The summed E-state index contributed by atoms with van der Waals surface area (Å²) in [6.07, 6.45) is 1.67. The van der Waals surface area contributed by atoms with Gasteiger partial charge in [0, 0.05) is 56.9 Å². The number of anilines is 2. The van der Waals surface area contributed by atoms with Crippen LogP contribution in [0.1, 0.15) is 33.1 Å². The van der Waals surface area contributed by atoms with Gasteiger partial charge in [0.1, 0.15) is 0 Å². The average molecular weight is 445 g/mol. The summed E-state index contributed by atoms with van der Waals surface area (Å²) in [6, 6.07) is 10.8. The SMILES string of the molecule is CC1(C)C[C@@H]2CN(C(=O)CCC#N)C[C@H]1N(c1ccc(N3CCS(=O)(=O)CC3)cc1)C2. The maximum atomic E-state index is 12.7. The Kier molecular flexibility index (Phi) is 5.91. The van der Waals surface area contributed by atoms with Crippen molar-refractivity contribution < 1.29 is 13.2 Å². The third-order valence-electron chi connectivity index (χ3n) is 7.11. The molecule has 168 valence electrons. The Labute approximate surface area is 185 Å². The molecule has 31 heavy (non-hydrogen) atoms. The second kappa shape index (κ2) is 8.34. The van der Waals surface area contributed by atoms with Gasteiger partial charge in [-0.3, -0.25) is 4.79 Å². The van der Waals surface area contributed by atoms with Crippen molar-refractivity contribution >= 4 is 27.1 Å². The Balaban J connectivity index is 1.51. The summed E-state index contributed by atoms with van der Waals surface area (Å²) >= 11 is 0. The first-order chi connectivity index (χ1) is 14.7. The number of rotatable bonds is 4. The molecule has 7 nitrogen and oxygen atoms in total. The molecule has 0 aliphatic carbocycles. The fourth-order valence-corrected chi connectivity index (χ4v) is 6.67. The lowest BCUT2D eigenvalue weighted by molar-refractivity contribution is -0.131. The molecule has 1 amide bonds. The number of amides is 1. The van der Waals surface area contributed by atoms with Gasteiger partial charge >= 0.3 is 0 Å². The zero-order chi connectivity index (χ0) is 22.2. The highest BCUT2D eigenvalue weighted by Crippen LogP contribution is 2.43. The van der Waals surface area contributed by atoms with E-state index in [-0.39, 0.29) is 35.3 Å². The average Bonchev–Trinajstić information content (AvgIpc) is 2.99. The minimum atomic E-state index is -2.89. The minimum absolute atomic E-state index is 0.0894. The van der Waals surface area contributed by atoms with Gasteiger partial charge in [-0.1, -0.05) is 13.8 Å². The molecule has 0 spiro atoms. The van der Waals surface area contributed by atoms with Crippen molar-refractivity contribution in [2.24, 2.45) is 11.3 Å². The van der Waals surface area contributed by atoms with Crippen LogP contribution in [0, 0.1) is 22.7 Å². The summed E-state index contributed by atoms with van der Waals surface area (Å²) in [5, 5.41) is 8.84. The highest BCUT2D eigenvalue weighted by atomic mass is 32.2. The monoisotopic (exact) mass is 444 g/mol. The van der Waals surface area contributed by atoms with E-state index >= 15 is 0 Å². The maximum Gasteiger partial charge on any atom is 0.223 e. The smallest absolute Gasteiger partial charge is 0.223 e. The van der Waals surface area contributed by atoms with Crippen LogP contribution in [-0.4, -0.2) is 69.5 Å². The second-order valence-electron chi connectivity index (χ2n) is 9.84. The molecule has 0 saturated carbocycles. The Hall–Kier alpha value is -2.27. The Morgan fingerprint density at radius 2 is 1.74 bits per heavy atom. The lowest BCUT2D eigenvalue weighted by atomic mass is 9.73. The van der Waals surface area contributed by atoms with Crippen LogP contribution in [0.5, 0.6) is 0 Å². The van der Waals surface area contributed by atoms with Gasteiger partial charge in [-0.05, 0) is 42.0 Å². The summed E-state index contributed by atoms with van der Waals surface area (Å²) < 4.78 is 23.4. The molecule has 0 aromatic heterocycles. The first kappa shape index (κ1) is 21.9. The van der Waals surface area contributed by atoms with Gasteiger partial charge in [-0.15, -0.1) is 0 Å². The lowest BCUT2D eigenvalue weighted by Crippen LogP contribution is -2.54. The molecule has 1 aromatic rings. The molecule has 4 heterocycles. The van der Waals surface area contributed by atoms with Crippen LogP contribution >= 0.6 is 0 Å². The van der Waals surface area contributed by atoms with Gasteiger partial charge in [0.2, 0.25) is 5.91 Å². The molecular weight excluding hydrogens is 412 g/mol. The van der Waals surface area contributed by atoms with Crippen molar-refractivity contribution in [2.75, 3.05) is 54.0 Å². The van der Waals surface area contributed by atoms with E-state index in [1.807, 2.05) is 4.90 Å². The summed E-state index contributed by atoms with van der Waals surface area (Å²) in [4.78, 5) is 19.2. The van der Waals surface area contributed by atoms with E-state index in [9.17, 15) is 13.2 Å². The Bertz CT molecular complexity index is 954. The molecule has 4 saturated heterocycles. The predicted molar refractivity (Wildman–Crippen MR) is 122 cm³/mol. The quantitative estimate of drug-likeness (QED) is 0.708. The first-order valence-electron chi connectivity index (χ1n) is 11.2. The Morgan fingerprint density at radius 1 is 1.10 bits per heavy atom. The van der Waals surface area contributed by atoms with Crippen molar-refractivity contribution in [3.05, 3.63) is 24.3 Å². The number of hydrogen-bond donors (Lipinski definition) is 0. The van der Waals surface area contributed by atoms with E-state index < -0.39 is 9.84 Å². The first-order valence-corrected chi connectivity index (χ1v) is 13.0. The van der Waals surface area contributed by atoms with Gasteiger partial charge in [0.15, 0.2) is 9.84 Å². The van der Waals surface area contributed by atoms with Crippen molar-refractivity contribution in [3.8, 4) is 6.07 Å². The molecule has 0 radical (unpaired) electrons. The number of hydrogen-bond acceptors (Lipinski definition) is 6. The molecule has 0 N–H and O–H groups in total. The van der Waals surface area contributed by atoms with Gasteiger partial charge in [0.25, 0.3) is 0 Å². The van der Waals surface area contributed by atoms with Crippen LogP contribution in [0.2, 0.25) is 0 Å². The van der Waals surface area contributed by atoms with Crippen molar-refractivity contribution in [1.82, 2.24) is 4.90 Å². The van der Waals surface area contributed by atoms with Gasteiger partial charge < -0.3 is 14.7 Å². The maximum absolute atomic E-state index is 12.7. The third kappa shape index (κ3) is 4.67. The van der Waals surface area contributed by atoms with E-state index in [1.165, 1.54) is 0 Å². The highest BCUT2D eigenvalue weighted by Gasteiger charge is 2.46. The van der Waals surface area contributed by atoms with E-state index in [1.54, 1.807) is 0 Å². The molecule has 4 aliphatic heterocycles. The van der Waals surface area contributed by atoms with E-state index in [0.29, 0.717) is 32.0 Å². The number of benzene rings is 1. The number of piperidine rings is 1. The van der Waals surface area contributed by atoms with Crippen LogP contribution < -0.4 is 9.80 Å². The predicted octanol–water partition coefficient (Wildman–Crippen LogP) is 2.29. The molecule has 1 aromatic carbocycles. The second-order valence-corrected chi connectivity index (χ2v) is 12.1. The van der Waals surface area contributed by atoms with E-state index in [4.69, 9.17) is 5.26 Å². The number of nitriles is 1. The molecule has 4 aliphatic rings. The molecule has 2 atom stereocenters. The topological polar surface area (TPSA) is 84.7 Å². The molecule has 4 fully saturated rings. The van der Waals surface area contributed by atoms with Crippen molar-refractivity contribution in [1.29, 1.82) is 5.26 Å². The molecule has 8 heteroatoms. The lowest BCUT2D eigenvalue weighted by Gasteiger charge is -2.48. The zero-order valence-corrected chi connectivity index (χ0v) is 19.3. The largest absolute Gasteiger partial charge is 0.369 e. The Morgan fingerprint density at radius 3 is 2.39 bits per heavy atom. The van der Waals surface area contributed by atoms with Crippen LogP contribution in [0.3, 0.4) is 0 Å². The third-order valence-corrected chi connectivity index (χ3v) is 8.72. The summed E-state index contributed by atoms with van der Waals surface area (Å²) in [7, 11) is -2.89. The van der Waals surface area contributed by atoms with Gasteiger partial charge in [0.05, 0.1) is 23.6 Å². The van der Waals surface area contributed by atoms with Crippen LogP contribution in [-0.2, 0) is 14.6 Å². The van der Waals surface area contributed by atoms with Crippen molar-refractivity contribution in [2.45, 2.75) is 39.2 Å². The summed E-state index contributed by atoms with van der Waals surface area (Å²) in [5.41, 5.74) is 2.31. The van der Waals surface area contributed by atoms with Gasteiger partial charge in [-0.2, -0.15) is 5.26 Å². The van der Waals surface area contributed by atoms with Crippen LogP contribution in [0.15, 0.2) is 24.3 Å². The highest BCUT2D eigenvalue weighted by molar-refractivity contribution is 7.91. The number of carbonyl (C=O) groups excluding carboxylic acids is 1. The minimum Gasteiger partial charge on any atom is -0.369 e. The number of carbonyl (C=O) groups is 1. The van der Waals surface area contributed by atoms with E-state index in [2.05, 4.69) is 54.0 Å². The fourth-order valence-electron chi connectivity index (χ4n) is 5.47. The number of fused-ring (bicyclic) bond motifs is 4. The fraction of sp³-hybridized carbons (Fsp3) is 0.652. The standard InChI is InChI=1S/C23H32N4O3S/c1-23(2)14-18-15-26(22(28)4-3-9-24)17-21(23)27(16-18)20-7-5-19(6-8-20)25-10-12-31(29,30)13-11-25/h5-8,18,21H,3-4,10-17H2,1-2H3/t18-,21-/m1/s1. The van der Waals surface area contributed by atoms with E-state index in [0.717, 1.165) is 30.9 Å². The van der Waals surface area contributed by atoms with Gasteiger partial charge in [-0.25, -0.2) is 8.42 Å². The normalized spacial score (nSPS) is 26.9. The van der Waals surface area contributed by atoms with Crippen molar-refractivity contribution in [3.63, 3.8) is 0 Å². The number of sulfone groups is 1. The number of nitrogens with zero attached hydrogens (tertiary/aromatic N) is 4. The summed E-state index contributed by atoms with van der Waals surface area (Å²) in [5.74, 6) is 0.932. The molecule has 2 bridgehead atoms.